The summed E-state index contributed by atoms with van der Waals surface area (Å²) in [7, 11) is 6.17. The lowest BCUT2D eigenvalue weighted by Crippen LogP contribution is -2.57. The summed E-state index contributed by atoms with van der Waals surface area (Å²) in [6.07, 6.45) is -0.403. The maximum Gasteiger partial charge on any atom is 0.152 e. The van der Waals surface area contributed by atoms with Gasteiger partial charge in [0.1, 0.15) is 26.2 Å². The fourth-order valence-electron chi connectivity index (χ4n) is 2.51. The van der Waals surface area contributed by atoms with E-state index >= 15 is 0 Å². The summed E-state index contributed by atoms with van der Waals surface area (Å²) in [5, 5.41) is 28.3. The zero-order valence-electron chi connectivity index (χ0n) is 13.6. The van der Waals surface area contributed by atoms with Crippen molar-refractivity contribution in [1.82, 2.24) is 0 Å². The summed E-state index contributed by atoms with van der Waals surface area (Å²) in [5.74, 6) is 0. The van der Waals surface area contributed by atoms with Crippen LogP contribution in [0.4, 0.5) is 0 Å². The molecule has 6 nitrogen and oxygen atoms in total. The van der Waals surface area contributed by atoms with Gasteiger partial charge in [0.2, 0.25) is 0 Å². The second-order valence-corrected chi connectivity index (χ2v) is 6.47. The second kappa shape index (κ2) is 9.65. The van der Waals surface area contributed by atoms with E-state index in [4.69, 9.17) is 9.84 Å². The van der Waals surface area contributed by atoms with Gasteiger partial charge in [0, 0.05) is 0 Å². The molecule has 0 heterocycles. The van der Waals surface area contributed by atoms with Gasteiger partial charge in [0.25, 0.3) is 0 Å². The maximum atomic E-state index is 10.3. The third-order valence-electron chi connectivity index (χ3n) is 3.55. The summed E-state index contributed by atoms with van der Waals surface area (Å²) in [5.41, 5.74) is 0. The van der Waals surface area contributed by atoms with Crippen LogP contribution in [0.3, 0.4) is 0 Å². The Morgan fingerprint density at radius 1 is 0.950 bits per heavy atom. The second-order valence-electron chi connectivity index (χ2n) is 6.47. The maximum absolute atomic E-state index is 10.3. The average molecular weight is 294 g/mol. The largest absolute Gasteiger partial charge is 0.394 e. The summed E-state index contributed by atoms with van der Waals surface area (Å²) < 4.78 is 6.69. The molecule has 0 aliphatic heterocycles. The fourth-order valence-corrected chi connectivity index (χ4v) is 2.51. The van der Waals surface area contributed by atoms with Gasteiger partial charge in [-0.1, -0.05) is 0 Å². The van der Waals surface area contributed by atoms with Gasteiger partial charge >= 0.3 is 0 Å². The summed E-state index contributed by atoms with van der Waals surface area (Å²) in [6.45, 7) is 6.57. The van der Waals surface area contributed by atoms with E-state index in [1.807, 2.05) is 0 Å². The molecular formula is C14H34N2O4+2. The molecule has 2 unspecified atom stereocenters. The van der Waals surface area contributed by atoms with E-state index in [1.54, 1.807) is 0 Å². The van der Waals surface area contributed by atoms with Crippen molar-refractivity contribution >= 4 is 0 Å². The zero-order chi connectivity index (χ0) is 15.6. The smallest absolute Gasteiger partial charge is 0.152 e. The van der Waals surface area contributed by atoms with Crippen LogP contribution in [-0.4, -0.2) is 111 Å². The van der Waals surface area contributed by atoms with Crippen molar-refractivity contribution < 1.29 is 29.0 Å². The van der Waals surface area contributed by atoms with Gasteiger partial charge in [-0.2, -0.15) is 0 Å². The summed E-state index contributed by atoms with van der Waals surface area (Å²) in [6, 6.07) is 0. The summed E-state index contributed by atoms with van der Waals surface area (Å²) >= 11 is 0. The van der Waals surface area contributed by atoms with Crippen molar-refractivity contribution in [2.45, 2.75) is 13.0 Å². The first kappa shape index (κ1) is 19.8. The van der Waals surface area contributed by atoms with E-state index in [0.717, 1.165) is 13.1 Å². The van der Waals surface area contributed by atoms with Crippen LogP contribution >= 0.6 is 0 Å². The number of nitrogens with zero attached hydrogens (tertiary/aromatic N) is 2. The first-order valence-electron chi connectivity index (χ1n) is 7.41. The van der Waals surface area contributed by atoms with Gasteiger partial charge in [0.15, 0.2) is 6.10 Å². The zero-order valence-corrected chi connectivity index (χ0v) is 13.6. The molecule has 0 aromatic heterocycles. The molecule has 0 aromatic carbocycles. The van der Waals surface area contributed by atoms with E-state index in [-0.39, 0.29) is 13.2 Å². The Kier molecular flexibility index (Phi) is 9.54. The Balaban J connectivity index is 4.50. The number of ether oxygens (including phenoxy) is 1. The van der Waals surface area contributed by atoms with Crippen LogP contribution in [-0.2, 0) is 4.74 Å². The molecule has 0 bridgehead atoms. The lowest BCUT2D eigenvalue weighted by Gasteiger charge is -2.39. The third kappa shape index (κ3) is 8.84. The van der Waals surface area contributed by atoms with Gasteiger partial charge in [-0.3, -0.25) is 0 Å². The predicted octanol–water partition coefficient (Wildman–Crippen LogP) is -1.11. The average Bonchev–Trinajstić information content (AvgIpc) is 2.32. The molecule has 0 rings (SSSR count). The minimum Gasteiger partial charge on any atom is -0.394 e. The molecule has 122 valence electrons. The van der Waals surface area contributed by atoms with Crippen molar-refractivity contribution in [3.63, 3.8) is 0 Å². The predicted molar refractivity (Wildman–Crippen MR) is 79.3 cm³/mol. The van der Waals surface area contributed by atoms with E-state index in [1.165, 1.54) is 0 Å². The van der Waals surface area contributed by atoms with Crippen LogP contribution < -0.4 is 0 Å². The molecule has 0 saturated carbocycles. The van der Waals surface area contributed by atoms with Gasteiger partial charge in [0.05, 0.1) is 54.1 Å². The highest BCUT2D eigenvalue weighted by Crippen LogP contribution is 2.10. The molecule has 6 heteroatoms. The van der Waals surface area contributed by atoms with Crippen LogP contribution in [0.5, 0.6) is 0 Å². The highest BCUT2D eigenvalue weighted by Gasteiger charge is 2.30. The Labute approximate surface area is 123 Å². The molecule has 0 aliphatic carbocycles. The first-order valence-corrected chi connectivity index (χ1v) is 7.41. The minimum atomic E-state index is -0.403. The minimum absolute atomic E-state index is 0.0241. The quantitative estimate of drug-likeness (QED) is 0.315. The van der Waals surface area contributed by atoms with Gasteiger partial charge in [-0.25, -0.2) is 0 Å². The Bertz CT molecular complexity index is 246. The topological polar surface area (TPSA) is 69.9 Å². The Morgan fingerprint density at radius 3 is 2.05 bits per heavy atom. The lowest BCUT2D eigenvalue weighted by atomic mass is 10.2. The molecule has 2 atom stereocenters. The van der Waals surface area contributed by atoms with Crippen LogP contribution in [0.2, 0.25) is 0 Å². The molecule has 0 saturated heterocycles. The van der Waals surface area contributed by atoms with E-state index < -0.39 is 6.10 Å². The third-order valence-corrected chi connectivity index (χ3v) is 3.55. The molecule has 0 aromatic rings. The van der Waals surface area contributed by atoms with E-state index in [0.29, 0.717) is 41.8 Å². The molecule has 0 radical (unpaired) electrons. The molecular weight excluding hydrogens is 260 g/mol. The van der Waals surface area contributed by atoms with E-state index in [2.05, 4.69) is 28.1 Å². The molecule has 0 aliphatic rings. The monoisotopic (exact) mass is 294 g/mol. The van der Waals surface area contributed by atoms with Crippen LogP contribution in [0.25, 0.3) is 0 Å². The first-order chi connectivity index (χ1) is 9.28. The van der Waals surface area contributed by atoms with Crippen LogP contribution in [0.15, 0.2) is 0 Å². The standard InChI is InChI=1S/C14H34N2O4/c1-5-16(6-8-17,7-10-20-11-9-18)13-14(19)12-15(2,3)4/h14,17-19H,5-13H2,1-4H3/q+2. The van der Waals surface area contributed by atoms with Gasteiger partial charge in [-0.15, -0.1) is 0 Å². The summed E-state index contributed by atoms with van der Waals surface area (Å²) in [4.78, 5) is 0. The van der Waals surface area contributed by atoms with Crippen molar-refractivity contribution in [2.75, 3.05) is 80.3 Å². The molecule has 0 fully saturated rings. The number of likely N-dealkylation sites (N-methyl/N-ethyl adjacent to an activating group) is 2. The Hall–Kier alpha value is -0.240. The van der Waals surface area contributed by atoms with Crippen molar-refractivity contribution in [3.8, 4) is 0 Å². The molecule has 0 amide bonds. The number of hydrogen-bond acceptors (Lipinski definition) is 4. The fraction of sp³-hybridized carbons (Fsp3) is 1.00. The SMILES string of the molecule is CC[N+](CCO)(CCOCCO)CC(O)C[N+](C)(C)C. The lowest BCUT2D eigenvalue weighted by molar-refractivity contribution is -0.936. The molecule has 20 heavy (non-hydrogen) atoms. The van der Waals surface area contributed by atoms with Crippen molar-refractivity contribution in [1.29, 1.82) is 0 Å². The number of rotatable bonds is 12. The van der Waals surface area contributed by atoms with Crippen LogP contribution in [0, 0.1) is 0 Å². The van der Waals surface area contributed by atoms with Crippen molar-refractivity contribution in [2.24, 2.45) is 0 Å². The highest BCUT2D eigenvalue weighted by molar-refractivity contribution is 4.55. The molecule has 0 spiro atoms. The van der Waals surface area contributed by atoms with Gasteiger partial charge < -0.3 is 29.0 Å². The van der Waals surface area contributed by atoms with Crippen LogP contribution in [0.1, 0.15) is 6.92 Å². The Morgan fingerprint density at radius 2 is 1.60 bits per heavy atom. The number of hydrogen-bond donors (Lipinski definition) is 3. The number of aliphatic hydroxyl groups excluding tert-OH is 3. The van der Waals surface area contributed by atoms with Gasteiger partial charge in [-0.05, 0) is 6.92 Å². The molecule has 3 N–H and O–H groups in total. The number of aliphatic hydroxyl groups is 3. The number of quaternary nitrogens is 2. The highest BCUT2D eigenvalue weighted by atomic mass is 16.5. The van der Waals surface area contributed by atoms with E-state index in [9.17, 15) is 10.2 Å². The van der Waals surface area contributed by atoms with Crippen molar-refractivity contribution in [3.05, 3.63) is 0 Å². The normalized spacial score (nSPS) is 16.9.